The van der Waals surface area contributed by atoms with Gasteiger partial charge < -0.3 is 22.1 Å². The van der Waals surface area contributed by atoms with Crippen molar-refractivity contribution in [2.24, 2.45) is 21.5 Å². The summed E-state index contributed by atoms with van der Waals surface area (Å²) in [5, 5.41) is 13.8. The van der Waals surface area contributed by atoms with Gasteiger partial charge in [-0.1, -0.05) is 56.4 Å². The molecule has 1 aromatic carbocycles. The lowest BCUT2D eigenvalue weighted by molar-refractivity contribution is 0.586. The number of rotatable bonds is 14. The molecule has 0 saturated heterocycles. The van der Waals surface area contributed by atoms with E-state index in [1.165, 1.54) is 37.7 Å². The third-order valence-electron chi connectivity index (χ3n) is 5.23. The van der Waals surface area contributed by atoms with E-state index in [1.807, 2.05) is 0 Å². The van der Waals surface area contributed by atoms with Gasteiger partial charge in [-0.3, -0.25) is 15.4 Å². The molecule has 0 fully saturated rings. The predicted molar refractivity (Wildman–Crippen MR) is 128 cm³/mol. The van der Waals surface area contributed by atoms with Crippen molar-refractivity contribution >= 4 is 17.6 Å². The lowest BCUT2D eigenvalue weighted by Crippen LogP contribution is -2.33. The number of hydrogen-bond acceptors (Lipinski definition) is 4. The Bertz CT molecular complexity index is 679. The molecular weight excluding hydrogens is 374 g/mol. The smallest absolute Gasteiger partial charge is 0.188 e. The molecule has 0 aromatic heterocycles. The summed E-state index contributed by atoms with van der Waals surface area (Å²) in [5.74, 6) is 1.85. The van der Waals surface area contributed by atoms with Crippen molar-refractivity contribution in [3.05, 3.63) is 35.4 Å². The molecule has 0 unspecified atom stereocenters. The summed E-state index contributed by atoms with van der Waals surface area (Å²) in [7, 11) is 0. The molecule has 1 heterocycles. The zero-order chi connectivity index (χ0) is 21.4. The summed E-state index contributed by atoms with van der Waals surface area (Å²) in [6.07, 6.45) is 11.0. The average molecular weight is 414 g/mol. The maximum atomic E-state index is 7.19. The van der Waals surface area contributed by atoms with E-state index in [-0.39, 0.29) is 0 Å². The van der Waals surface area contributed by atoms with E-state index >= 15 is 0 Å². The fraction of sp³-hybridized carbons (Fsp3) is 0.609. The zero-order valence-corrected chi connectivity index (χ0v) is 18.3. The monoisotopic (exact) mass is 413 g/mol. The van der Waals surface area contributed by atoms with Gasteiger partial charge in [0.05, 0.1) is 5.84 Å². The molecule has 0 bridgehead atoms. The second-order valence-corrected chi connectivity index (χ2v) is 7.90. The van der Waals surface area contributed by atoms with Crippen molar-refractivity contribution in [3.63, 3.8) is 0 Å². The van der Waals surface area contributed by atoms with E-state index in [2.05, 4.69) is 44.9 Å². The first-order valence-electron chi connectivity index (χ1n) is 11.4. The zero-order valence-electron chi connectivity index (χ0n) is 18.3. The number of aliphatic imine (C=N–C) groups is 2. The number of nitrogens with one attached hydrogen (secondary N) is 3. The van der Waals surface area contributed by atoms with Crippen LogP contribution in [-0.4, -0.2) is 43.8 Å². The number of nitrogens with two attached hydrogens (primary N) is 2. The van der Waals surface area contributed by atoms with E-state index in [9.17, 15) is 0 Å². The Kier molecular flexibility index (Phi) is 11.4. The highest BCUT2D eigenvalue weighted by atomic mass is 15.1. The van der Waals surface area contributed by atoms with Crippen molar-refractivity contribution in [1.82, 2.24) is 10.6 Å². The molecule has 0 aliphatic carbocycles. The van der Waals surface area contributed by atoms with Crippen molar-refractivity contribution < 1.29 is 0 Å². The molecule has 0 atom stereocenters. The van der Waals surface area contributed by atoms with Crippen LogP contribution in [0.25, 0.3) is 0 Å². The molecular formula is C23H39N7. The van der Waals surface area contributed by atoms with Gasteiger partial charge in [0.15, 0.2) is 5.96 Å². The Morgan fingerprint density at radius 2 is 1.73 bits per heavy atom. The van der Waals surface area contributed by atoms with Crippen LogP contribution in [0.3, 0.4) is 0 Å². The van der Waals surface area contributed by atoms with Crippen LogP contribution in [0, 0.1) is 5.41 Å². The fourth-order valence-electron chi connectivity index (χ4n) is 3.46. The number of amidine groups is 2. The van der Waals surface area contributed by atoms with Gasteiger partial charge in [-0.2, -0.15) is 0 Å². The maximum absolute atomic E-state index is 7.19. The fourth-order valence-corrected chi connectivity index (χ4v) is 3.46. The Hall–Kier alpha value is -2.57. The molecule has 2 rings (SSSR count). The van der Waals surface area contributed by atoms with Gasteiger partial charge in [0, 0.05) is 38.2 Å². The SMILES string of the molecule is N=C(N)CCCCCCCCCN=C(N)NCCc1ccc(C2=NCCCN2)cc1. The largest absolute Gasteiger partial charge is 0.388 e. The molecule has 7 N–H and O–H groups in total. The first kappa shape index (κ1) is 23.7. The summed E-state index contributed by atoms with van der Waals surface area (Å²) in [4.78, 5) is 8.95. The van der Waals surface area contributed by atoms with Crippen molar-refractivity contribution in [2.45, 2.75) is 64.2 Å². The number of unbranched alkanes of at least 4 members (excludes halogenated alkanes) is 6. The van der Waals surface area contributed by atoms with Crippen LogP contribution in [0.4, 0.5) is 0 Å². The summed E-state index contributed by atoms with van der Waals surface area (Å²) in [6.45, 7) is 3.49. The van der Waals surface area contributed by atoms with E-state index in [0.717, 1.165) is 69.7 Å². The van der Waals surface area contributed by atoms with Crippen LogP contribution in [-0.2, 0) is 6.42 Å². The van der Waals surface area contributed by atoms with Crippen molar-refractivity contribution in [2.75, 3.05) is 26.2 Å². The molecule has 0 spiro atoms. The third-order valence-corrected chi connectivity index (χ3v) is 5.23. The number of benzene rings is 1. The first-order valence-corrected chi connectivity index (χ1v) is 11.4. The molecule has 0 radical (unpaired) electrons. The van der Waals surface area contributed by atoms with Crippen LogP contribution >= 0.6 is 0 Å². The van der Waals surface area contributed by atoms with Gasteiger partial charge in [-0.05, 0) is 31.2 Å². The van der Waals surface area contributed by atoms with Gasteiger partial charge in [0.2, 0.25) is 0 Å². The molecule has 1 aliphatic heterocycles. The highest BCUT2D eigenvalue weighted by Gasteiger charge is 2.06. The second-order valence-electron chi connectivity index (χ2n) is 7.90. The minimum Gasteiger partial charge on any atom is -0.388 e. The Labute approximate surface area is 181 Å². The number of guanidine groups is 1. The molecule has 0 amide bonds. The van der Waals surface area contributed by atoms with Crippen LogP contribution in [0.2, 0.25) is 0 Å². The second kappa shape index (κ2) is 14.4. The van der Waals surface area contributed by atoms with E-state index in [0.29, 0.717) is 11.8 Å². The maximum Gasteiger partial charge on any atom is 0.188 e. The average Bonchev–Trinajstić information content (AvgIpc) is 2.76. The topological polar surface area (TPSA) is 125 Å². The normalized spacial score (nSPS) is 14.1. The van der Waals surface area contributed by atoms with E-state index in [4.69, 9.17) is 16.9 Å². The summed E-state index contributed by atoms with van der Waals surface area (Å²) in [6, 6.07) is 8.58. The van der Waals surface area contributed by atoms with Gasteiger partial charge >= 0.3 is 0 Å². The highest BCUT2D eigenvalue weighted by Crippen LogP contribution is 2.09. The van der Waals surface area contributed by atoms with E-state index in [1.54, 1.807) is 0 Å². The molecule has 166 valence electrons. The van der Waals surface area contributed by atoms with Crippen LogP contribution in [0.15, 0.2) is 34.3 Å². The summed E-state index contributed by atoms with van der Waals surface area (Å²) < 4.78 is 0. The van der Waals surface area contributed by atoms with Crippen LogP contribution < -0.4 is 22.1 Å². The Morgan fingerprint density at radius 1 is 1.03 bits per heavy atom. The van der Waals surface area contributed by atoms with Crippen molar-refractivity contribution in [3.8, 4) is 0 Å². The third kappa shape index (κ3) is 10.3. The first-order chi connectivity index (χ1) is 14.6. The van der Waals surface area contributed by atoms with Gasteiger partial charge in [-0.25, -0.2) is 0 Å². The predicted octanol–water partition coefficient (Wildman–Crippen LogP) is 2.93. The van der Waals surface area contributed by atoms with Gasteiger partial charge in [-0.15, -0.1) is 0 Å². The van der Waals surface area contributed by atoms with Crippen molar-refractivity contribution in [1.29, 1.82) is 5.41 Å². The van der Waals surface area contributed by atoms with Gasteiger partial charge in [0.1, 0.15) is 5.84 Å². The summed E-state index contributed by atoms with van der Waals surface area (Å²) in [5.41, 5.74) is 13.8. The molecule has 0 saturated carbocycles. The number of hydrogen-bond donors (Lipinski definition) is 5. The Balaban J connectivity index is 1.50. The van der Waals surface area contributed by atoms with Gasteiger partial charge in [0.25, 0.3) is 0 Å². The summed E-state index contributed by atoms with van der Waals surface area (Å²) >= 11 is 0. The van der Waals surface area contributed by atoms with Crippen LogP contribution in [0.1, 0.15) is 68.9 Å². The highest BCUT2D eigenvalue weighted by molar-refractivity contribution is 5.99. The number of nitrogens with zero attached hydrogens (tertiary/aromatic N) is 2. The lowest BCUT2D eigenvalue weighted by atomic mass is 10.1. The molecule has 7 nitrogen and oxygen atoms in total. The minimum atomic E-state index is 0.305. The molecule has 30 heavy (non-hydrogen) atoms. The molecule has 1 aliphatic rings. The molecule has 7 heteroatoms. The van der Waals surface area contributed by atoms with E-state index < -0.39 is 0 Å². The standard InChI is InChI=1S/C23H39N7/c24-21(25)9-6-4-2-1-3-5-7-15-29-23(26)30-18-14-19-10-12-20(13-11-19)22-27-16-8-17-28-22/h10-13H,1-9,14-18H2,(H3,24,25)(H,27,28)(H3,26,29,30). The minimum absolute atomic E-state index is 0.305. The lowest BCUT2D eigenvalue weighted by Gasteiger charge is -2.15. The van der Waals surface area contributed by atoms with Crippen LogP contribution in [0.5, 0.6) is 0 Å². The quantitative estimate of drug-likeness (QED) is 0.183. The Morgan fingerprint density at radius 3 is 2.40 bits per heavy atom. The molecule has 1 aromatic rings.